The van der Waals surface area contributed by atoms with Crippen LogP contribution in [0.1, 0.15) is 5.69 Å². The van der Waals surface area contributed by atoms with E-state index in [-0.39, 0.29) is 5.82 Å². The van der Waals surface area contributed by atoms with E-state index >= 15 is 0 Å². The Balaban J connectivity index is 0.000000561. The number of anilines is 2. The largest absolute Gasteiger partial charge is 0.340 e. The van der Waals surface area contributed by atoms with Gasteiger partial charge in [0.25, 0.3) is 0 Å². The fourth-order valence-electron chi connectivity index (χ4n) is 1.79. The molecule has 2 aromatic heterocycles. The Morgan fingerprint density at radius 3 is 2.36 bits per heavy atom. The monoisotopic (exact) mass is 302 g/mol. The van der Waals surface area contributed by atoms with Crippen molar-refractivity contribution >= 4 is 30.7 Å². The Labute approximate surface area is 126 Å². The van der Waals surface area contributed by atoms with Gasteiger partial charge in [-0.1, -0.05) is 0 Å². The van der Waals surface area contributed by atoms with Crippen molar-refractivity contribution in [1.82, 2.24) is 14.6 Å². The summed E-state index contributed by atoms with van der Waals surface area (Å²) in [6.45, 7) is 5.91. The molecule has 3 rings (SSSR count). The zero-order valence-corrected chi connectivity index (χ0v) is 12.0. The van der Waals surface area contributed by atoms with Crippen molar-refractivity contribution in [2.24, 2.45) is 0 Å². The number of carbonyl (C=O) groups is 2. The average Bonchev–Trinajstić information content (AvgIpc) is 2.95. The Kier molecular flexibility index (Phi) is 6.36. The highest BCUT2D eigenvalue weighted by Crippen LogP contribution is 2.17. The van der Waals surface area contributed by atoms with Crippen LogP contribution in [-0.2, 0) is 9.59 Å². The molecule has 114 valence electrons. The normalized spacial score (nSPS) is 9.18. The Morgan fingerprint density at radius 2 is 1.73 bits per heavy atom. The second-order valence-corrected chi connectivity index (χ2v) is 4.02. The highest BCUT2D eigenvalue weighted by Gasteiger charge is 2.04. The number of nitrogens with one attached hydrogen (secondary N) is 1. The molecule has 7 heteroatoms. The molecule has 0 aliphatic heterocycles. The van der Waals surface area contributed by atoms with Gasteiger partial charge >= 0.3 is 0 Å². The van der Waals surface area contributed by atoms with Crippen LogP contribution in [0.2, 0.25) is 0 Å². The fourth-order valence-corrected chi connectivity index (χ4v) is 1.79. The van der Waals surface area contributed by atoms with Crippen molar-refractivity contribution < 1.29 is 14.0 Å². The van der Waals surface area contributed by atoms with E-state index in [1.54, 1.807) is 22.8 Å². The molecule has 22 heavy (non-hydrogen) atoms. The molecule has 0 unspecified atom stereocenters. The first-order valence-corrected chi connectivity index (χ1v) is 6.14. The molecule has 0 spiro atoms. The van der Waals surface area contributed by atoms with Crippen LogP contribution < -0.4 is 5.32 Å². The molecule has 2 heterocycles. The van der Waals surface area contributed by atoms with E-state index in [9.17, 15) is 4.39 Å². The Bertz CT molecular complexity index is 726. The third kappa shape index (κ3) is 3.95. The lowest BCUT2D eigenvalue weighted by Crippen LogP contribution is -2.00. The first-order chi connectivity index (χ1) is 10.7. The summed E-state index contributed by atoms with van der Waals surface area (Å²) in [5, 5.41) is 7.53. The third-order valence-corrected chi connectivity index (χ3v) is 2.60. The summed E-state index contributed by atoms with van der Waals surface area (Å²) in [7, 11) is 0. The minimum absolute atomic E-state index is 0.254. The van der Waals surface area contributed by atoms with E-state index in [1.807, 2.05) is 32.6 Å². The number of aryl methyl sites for hydroxylation is 1. The van der Waals surface area contributed by atoms with Crippen LogP contribution in [0.15, 0.2) is 42.6 Å². The number of carbonyl (C=O) groups excluding carboxylic acids is 2. The molecule has 1 N–H and O–H groups in total. The molecule has 0 saturated heterocycles. The fraction of sp³-hybridized carbons (Fsp3) is 0.0667. The molecule has 0 bridgehead atoms. The number of hydrogen-bond donors (Lipinski definition) is 1. The SMILES string of the molecule is C=O.C=O.Cc1cc2nccc(Nc3ccc(F)cc3)n2n1. The topological polar surface area (TPSA) is 76.4 Å². The van der Waals surface area contributed by atoms with Crippen LogP contribution in [0.5, 0.6) is 0 Å². The molecule has 0 saturated carbocycles. The molecule has 0 amide bonds. The van der Waals surface area contributed by atoms with E-state index in [0.717, 1.165) is 22.8 Å². The predicted octanol–water partition coefficient (Wildman–Crippen LogP) is 2.55. The lowest BCUT2D eigenvalue weighted by Gasteiger charge is -2.07. The minimum Gasteiger partial charge on any atom is -0.340 e. The number of fused-ring (bicyclic) bond motifs is 1. The van der Waals surface area contributed by atoms with Crippen molar-refractivity contribution in [3.63, 3.8) is 0 Å². The van der Waals surface area contributed by atoms with Crippen molar-refractivity contribution in [1.29, 1.82) is 0 Å². The second kappa shape index (κ2) is 8.25. The van der Waals surface area contributed by atoms with Gasteiger partial charge in [-0.2, -0.15) is 9.61 Å². The van der Waals surface area contributed by atoms with Gasteiger partial charge in [-0.05, 0) is 37.3 Å². The number of aromatic nitrogens is 3. The third-order valence-electron chi connectivity index (χ3n) is 2.60. The number of halogens is 1. The van der Waals surface area contributed by atoms with Gasteiger partial charge in [0.15, 0.2) is 5.65 Å². The Hall–Kier alpha value is -3.09. The van der Waals surface area contributed by atoms with Crippen molar-refractivity contribution in [3.05, 3.63) is 54.1 Å². The van der Waals surface area contributed by atoms with Crippen LogP contribution in [0, 0.1) is 12.7 Å². The second-order valence-electron chi connectivity index (χ2n) is 4.02. The molecular formula is C15H15FN4O2. The molecule has 1 aromatic carbocycles. The lowest BCUT2D eigenvalue weighted by molar-refractivity contribution is -0.0987. The van der Waals surface area contributed by atoms with E-state index in [1.165, 1.54) is 12.1 Å². The standard InChI is InChI=1S/C13H11FN4.2CH2O/c1-9-8-13-15-7-6-12(18(13)17-9)16-11-4-2-10(14)3-5-11;2*1-2/h2-8,16H,1H3;2*1H2. The Morgan fingerprint density at radius 1 is 1.09 bits per heavy atom. The van der Waals surface area contributed by atoms with Gasteiger partial charge in [-0.25, -0.2) is 9.37 Å². The summed E-state index contributed by atoms with van der Waals surface area (Å²) in [6, 6.07) is 9.90. The highest BCUT2D eigenvalue weighted by atomic mass is 19.1. The van der Waals surface area contributed by atoms with Gasteiger partial charge in [-0.15, -0.1) is 0 Å². The molecular weight excluding hydrogens is 287 g/mol. The van der Waals surface area contributed by atoms with E-state index in [2.05, 4.69) is 15.4 Å². The summed E-state index contributed by atoms with van der Waals surface area (Å²) < 4.78 is 14.5. The maximum atomic E-state index is 12.8. The van der Waals surface area contributed by atoms with Gasteiger partial charge in [0.1, 0.15) is 25.2 Å². The molecule has 0 aliphatic carbocycles. The van der Waals surface area contributed by atoms with E-state index in [0.29, 0.717) is 0 Å². The maximum absolute atomic E-state index is 12.8. The molecule has 6 nitrogen and oxygen atoms in total. The van der Waals surface area contributed by atoms with Gasteiger partial charge in [0, 0.05) is 18.0 Å². The van der Waals surface area contributed by atoms with E-state index in [4.69, 9.17) is 9.59 Å². The summed E-state index contributed by atoms with van der Waals surface area (Å²) in [6.07, 6.45) is 1.71. The lowest BCUT2D eigenvalue weighted by atomic mass is 10.3. The maximum Gasteiger partial charge on any atom is 0.157 e. The minimum atomic E-state index is -0.254. The van der Waals surface area contributed by atoms with Crippen molar-refractivity contribution in [2.75, 3.05) is 5.32 Å². The smallest absolute Gasteiger partial charge is 0.157 e. The zero-order chi connectivity index (χ0) is 16.5. The number of benzene rings is 1. The average molecular weight is 302 g/mol. The summed E-state index contributed by atoms with van der Waals surface area (Å²) >= 11 is 0. The van der Waals surface area contributed by atoms with Crippen molar-refractivity contribution in [2.45, 2.75) is 6.92 Å². The first-order valence-electron chi connectivity index (χ1n) is 6.14. The summed E-state index contributed by atoms with van der Waals surface area (Å²) in [4.78, 5) is 20.2. The van der Waals surface area contributed by atoms with Gasteiger partial charge in [0.05, 0.1) is 5.69 Å². The zero-order valence-electron chi connectivity index (χ0n) is 12.0. The number of rotatable bonds is 2. The van der Waals surface area contributed by atoms with Crippen LogP contribution in [-0.4, -0.2) is 28.2 Å². The predicted molar refractivity (Wildman–Crippen MR) is 81.6 cm³/mol. The molecule has 0 radical (unpaired) electrons. The molecule has 0 atom stereocenters. The highest BCUT2D eigenvalue weighted by molar-refractivity contribution is 5.59. The quantitative estimate of drug-likeness (QED) is 0.787. The number of hydrogen-bond acceptors (Lipinski definition) is 5. The van der Waals surface area contributed by atoms with E-state index < -0.39 is 0 Å². The summed E-state index contributed by atoms with van der Waals surface area (Å²) in [5.74, 6) is 0.537. The van der Waals surface area contributed by atoms with Gasteiger partial charge < -0.3 is 14.9 Å². The molecule has 0 fully saturated rings. The van der Waals surface area contributed by atoms with Crippen molar-refractivity contribution in [3.8, 4) is 0 Å². The molecule has 0 aliphatic rings. The van der Waals surface area contributed by atoms with Gasteiger partial charge in [-0.3, -0.25) is 0 Å². The van der Waals surface area contributed by atoms with Crippen LogP contribution in [0.3, 0.4) is 0 Å². The van der Waals surface area contributed by atoms with Crippen LogP contribution in [0.4, 0.5) is 15.9 Å². The number of nitrogens with zero attached hydrogens (tertiary/aromatic N) is 3. The van der Waals surface area contributed by atoms with Crippen LogP contribution >= 0.6 is 0 Å². The van der Waals surface area contributed by atoms with Gasteiger partial charge in [0.2, 0.25) is 0 Å². The summed E-state index contributed by atoms with van der Waals surface area (Å²) in [5.41, 5.74) is 2.48. The molecule has 3 aromatic rings. The first kappa shape index (κ1) is 17.0. The van der Waals surface area contributed by atoms with Crippen LogP contribution in [0.25, 0.3) is 5.65 Å².